The molecule has 0 atom stereocenters. The van der Waals surface area contributed by atoms with Gasteiger partial charge < -0.3 is 4.57 Å². The summed E-state index contributed by atoms with van der Waals surface area (Å²) in [6.45, 7) is 1.59. The quantitative estimate of drug-likeness (QED) is 0.768. The van der Waals surface area contributed by atoms with Crippen LogP contribution in [0.25, 0.3) is 11.1 Å². The molecule has 16 heavy (non-hydrogen) atoms. The first kappa shape index (κ1) is 11.1. The van der Waals surface area contributed by atoms with Crippen molar-refractivity contribution in [1.29, 1.82) is 0 Å². The number of Topliss-reactive ketones (excluding diaryl/α,β-unsaturated/α-hetero) is 1. The average Bonchev–Trinajstić information content (AvgIpc) is 2.57. The molecule has 2 rings (SSSR count). The summed E-state index contributed by atoms with van der Waals surface area (Å²) >= 11 is 3.44. The molecular formula is C13H12BrNO. The third-order valence-electron chi connectivity index (χ3n) is 2.59. The first-order chi connectivity index (χ1) is 7.61. The predicted molar refractivity (Wildman–Crippen MR) is 68.6 cm³/mol. The van der Waals surface area contributed by atoms with Crippen molar-refractivity contribution < 1.29 is 4.79 Å². The zero-order chi connectivity index (χ0) is 11.7. The first-order valence-corrected chi connectivity index (χ1v) is 5.82. The summed E-state index contributed by atoms with van der Waals surface area (Å²) in [5.41, 5.74) is 2.77. The average molecular weight is 278 g/mol. The van der Waals surface area contributed by atoms with E-state index in [1.807, 2.05) is 48.0 Å². The van der Waals surface area contributed by atoms with E-state index < -0.39 is 0 Å². The Morgan fingerprint density at radius 1 is 1.25 bits per heavy atom. The van der Waals surface area contributed by atoms with Crippen LogP contribution in [0.15, 0.2) is 41.0 Å². The van der Waals surface area contributed by atoms with E-state index in [9.17, 15) is 4.79 Å². The number of rotatable bonds is 2. The molecule has 0 radical (unpaired) electrons. The molecule has 0 bridgehead atoms. The van der Waals surface area contributed by atoms with Gasteiger partial charge in [-0.25, -0.2) is 0 Å². The topological polar surface area (TPSA) is 22.0 Å². The number of halogens is 1. The van der Waals surface area contributed by atoms with Crippen molar-refractivity contribution in [2.24, 2.45) is 7.05 Å². The van der Waals surface area contributed by atoms with Crippen LogP contribution in [0.4, 0.5) is 0 Å². The molecule has 1 heterocycles. The van der Waals surface area contributed by atoms with Crippen LogP contribution in [0.2, 0.25) is 0 Å². The summed E-state index contributed by atoms with van der Waals surface area (Å²) in [6, 6.07) is 11.9. The van der Waals surface area contributed by atoms with Gasteiger partial charge >= 0.3 is 0 Å². The lowest BCUT2D eigenvalue weighted by atomic mass is 10.0. The van der Waals surface area contributed by atoms with Crippen molar-refractivity contribution in [2.75, 3.05) is 0 Å². The number of benzene rings is 1. The van der Waals surface area contributed by atoms with Gasteiger partial charge in [0.2, 0.25) is 0 Å². The zero-order valence-corrected chi connectivity index (χ0v) is 10.8. The molecule has 0 N–H and O–H groups in total. The number of carbonyl (C=O) groups is 1. The highest BCUT2D eigenvalue weighted by Gasteiger charge is 2.15. The number of ketones is 1. The van der Waals surface area contributed by atoms with Crippen molar-refractivity contribution in [3.63, 3.8) is 0 Å². The fraction of sp³-hybridized carbons (Fsp3) is 0.154. The number of hydrogen-bond acceptors (Lipinski definition) is 1. The van der Waals surface area contributed by atoms with Gasteiger partial charge in [0.25, 0.3) is 0 Å². The van der Waals surface area contributed by atoms with Gasteiger partial charge in [0.05, 0.1) is 10.3 Å². The maximum Gasteiger partial charge on any atom is 0.176 e. The second-order valence-electron chi connectivity index (χ2n) is 3.71. The molecule has 0 aliphatic heterocycles. The molecular weight excluding hydrogens is 266 g/mol. The van der Waals surface area contributed by atoms with Gasteiger partial charge in [-0.1, -0.05) is 30.3 Å². The third kappa shape index (κ3) is 1.83. The van der Waals surface area contributed by atoms with Gasteiger partial charge in [-0.15, -0.1) is 0 Å². The van der Waals surface area contributed by atoms with Crippen molar-refractivity contribution in [1.82, 2.24) is 4.57 Å². The summed E-state index contributed by atoms with van der Waals surface area (Å²) in [5.74, 6) is 0.0760. The minimum atomic E-state index is 0.0760. The second-order valence-corrected chi connectivity index (χ2v) is 4.52. The fourth-order valence-corrected chi connectivity index (χ4v) is 2.24. The van der Waals surface area contributed by atoms with E-state index in [2.05, 4.69) is 15.9 Å². The van der Waals surface area contributed by atoms with Crippen LogP contribution >= 0.6 is 15.9 Å². The maximum absolute atomic E-state index is 11.6. The molecule has 0 saturated heterocycles. The van der Waals surface area contributed by atoms with Crippen LogP contribution in [0.5, 0.6) is 0 Å². The lowest BCUT2D eigenvalue weighted by Gasteiger charge is -2.04. The van der Waals surface area contributed by atoms with Gasteiger partial charge in [0.1, 0.15) is 0 Å². The van der Waals surface area contributed by atoms with Crippen molar-refractivity contribution in [2.45, 2.75) is 6.92 Å². The van der Waals surface area contributed by atoms with Crippen molar-refractivity contribution >= 4 is 21.7 Å². The SMILES string of the molecule is CC(=O)c1c(-c2ccccc2)cc(Br)n1C. The summed E-state index contributed by atoms with van der Waals surface area (Å²) in [4.78, 5) is 11.6. The second kappa shape index (κ2) is 4.26. The van der Waals surface area contributed by atoms with Gasteiger partial charge in [-0.3, -0.25) is 4.79 Å². The molecule has 2 aromatic rings. The molecule has 0 aliphatic carbocycles. The lowest BCUT2D eigenvalue weighted by molar-refractivity contribution is 0.101. The highest BCUT2D eigenvalue weighted by molar-refractivity contribution is 9.10. The Morgan fingerprint density at radius 3 is 2.44 bits per heavy atom. The Balaban J connectivity index is 2.66. The summed E-state index contributed by atoms with van der Waals surface area (Å²) in [5, 5.41) is 0. The van der Waals surface area contributed by atoms with Crippen LogP contribution in [-0.2, 0) is 7.05 Å². The standard InChI is InChI=1S/C13H12BrNO/c1-9(16)13-11(8-12(14)15(13)2)10-6-4-3-5-7-10/h3-8H,1-2H3. The van der Waals surface area contributed by atoms with Gasteiger partial charge in [0, 0.05) is 19.5 Å². The van der Waals surface area contributed by atoms with Crippen molar-refractivity contribution in [3.8, 4) is 11.1 Å². The van der Waals surface area contributed by atoms with E-state index in [1.54, 1.807) is 6.92 Å². The van der Waals surface area contributed by atoms with Crippen LogP contribution in [0.1, 0.15) is 17.4 Å². The highest BCUT2D eigenvalue weighted by atomic mass is 79.9. The first-order valence-electron chi connectivity index (χ1n) is 5.03. The monoisotopic (exact) mass is 277 g/mol. The van der Waals surface area contributed by atoms with Crippen LogP contribution in [0.3, 0.4) is 0 Å². The van der Waals surface area contributed by atoms with Gasteiger partial charge in [0.15, 0.2) is 5.78 Å². The number of carbonyl (C=O) groups excluding carboxylic acids is 1. The Hall–Kier alpha value is -1.35. The number of hydrogen-bond donors (Lipinski definition) is 0. The Morgan fingerprint density at radius 2 is 1.88 bits per heavy atom. The fourth-order valence-electron chi connectivity index (χ4n) is 1.84. The molecule has 0 unspecified atom stereocenters. The van der Waals surface area contributed by atoms with E-state index in [-0.39, 0.29) is 5.78 Å². The van der Waals surface area contributed by atoms with E-state index >= 15 is 0 Å². The molecule has 1 aromatic carbocycles. The summed E-state index contributed by atoms with van der Waals surface area (Å²) in [7, 11) is 1.88. The molecule has 0 amide bonds. The molecule has 1 aromatic heterocycles. The van der Waals surface area contributed by atoms with E-state index in [0.717, 1.165) is 21.4 Å². The van der Waals surface area contributed by atoms with E-state index in [0.29, 0.717) is 0 Å². The smallest absolute Gasteiger partial charge is 0.176 e. The zero-order valence-electron chi connectivity index (χ0n) is 9.20. The normalized spacial score (nSPS) is 10.4. The number of aromatic nitrogens is 1. The Kier molecular flexibility index (Phi) is 2.97. The maximum atomic E-state index is 11.6. The molecule has 82 valence electrons. The third-order valence-corrected chi connectivity index (χ3v) is 3.35. The molecule has 0 spiro atoms. The largest absolute Gasteiger partial charge is 0.335 e. The molecule has 3 heteroatoms. The highest BCUT2D eigenvalue weighted by Crippen LogP contribution is 2.29. The van der Waals surface area contributed by atoms with Gasteiger partial charge in [-0.05, 0) is 27.6 Å². The van der Waals surface area contributed by atoms with Crippen LogP contribution < -0.4 is 0 Å². The minimum Gasteiger partial charge on any atom is -0.335 e. The van der Waals surface area contributed by atoms with E-state index in [4.69, 9.17) is 0 Å². The molecule has 0 saturated carbocycles. The van der Waals surface area contributed by atoms with E-state index in [1.165, 1.54) is 0 Å². The summed E-state index contributed by atoms with van der Waals surface area (Å²) in [6.07, 6.45) is 0. The Bertz CT molecular complexity index is 528. The summed E-state index contributed by atoms with van der Waals surface area (Å²) < 4.78 is 2.78. The lowest BCUT2D eigenvalue weighted by Crippen LogP contribution is -2.03. The van der Waals surface area contributed by atoms with Gasteiger partial charge in [-0.2, -0.15) is 0 Å². The Labute approximate surface area is 103 Å². The predicted octanol–water partition coefficient (Wildman–Crippen LogP) is 3.66. The van der Waals surface area contributed by atoms with Crippen molar-refractivity contribution in [3.05, 3.63) is 46.7 Å². The van der Waals surface area contributed by atoms with Crippen LogP contribution in [-0.4, -0.2) is 10.4 Å². The molecule has 2 nitrogen and oxygen atoms in total. The molecule has 0 aliphatic rings. The molecule has 0 fully saturated rings. The van der Waals surface area contributed by atoms with Crippen LogP contribution in [0, 0.1) is 0 Å². The number of nitrogens with zero attached hydrogens (tertiary/aromatic N) is 1. The minimum absolute atomic E-state index is 0.0760.